The minimum atomic E-state index is -0.219. The standard InChI is InChI=1S/C21H24FN5/c1-16-11-13-26(14-12-16)20(18-7-9-19(22)10-8-18)21-23-24-25-27(21)15-17-5-3-2-4-6-17/h2-10,16,20H,11-15H2,1H3/p+1/t20-/m0/s1. The predicted octanol–water partition coefficient (Wildman–Crippen LogP) is 2.26. The lowest BCUT2D eigenvalue weighted by Crippen LogP contribution is -3.13. The summed E-state index contributed by atoms with van der Waals surface area (Å²) < 4.78 is 15.4. The van der Waals surface area contributed by atoms with Crippen LogP contribution >= 0.6 is 0 Å². The highest BCUT2D eigenvalue weighted by Crippen LogP contribution is 2.20. The summed E-state index contributed by atoms with van der Waals surface area (Å²) in [5.74, 6) is 1.38. The van der Waals surface area contributed by atoms with E-state index in [0.717, 1.165) is 36.0 Å². The zero-order valence-electron chi connectivity index (χ0n) is 15.6. The molecule has 0 saturated carbocycles. The molecule has 0 bridgehead atoms. The van der Waals surface area contributed by atoms with Crippen molar-refractivity contribution < 1.29 is 9.29 Å². The molecule has 1 atom stereocenters. The number of aromatic nitrogens is 4. The number of halogens is 1. The van der Waals surface area contributed by atoms with Crippen molar-refractivity contribution in [1.29, 1.82) is 0 Å². The first-order valence-electron chi connectivity index (χ1n) is 9.61. The predicted molar refractivity (Wildman–Crippen MR) is 101 cm³/mol. The lowest BCUT2D eigenvalue weighted by Gasteiger charge is -2.33. The van der Waals surface area contributed by atoms with Crippen LogP contribution < -0.4 is 4.90 Å². The molecule has 27 heavy (non-hydrogen) atoms. The molecule has 1 aliphatic rings. The Hall–Kier alpha value is -2.60. The Morgan fingerprint density at radius 3 is 2.48 bits per heavy atom. The number of hydrogen-bond acceptors (Lipinski definition) is 3. The molecule has 1 aromatic heterocycles. The van der Waals surface area contributed by atoms with Crippen molar-refractivity contribution in [3.8, 4) is 0 Å². The molecule has 2 heterocycles. The van der Waals surface area contributed by atoms with E-state index < -0.39 is 0 Å². The van der Waals surface area contributed by atoms with Crippen molar-refractivity contribution in [3.63, 3.8) is 0 Å². The summed E-state index contributed by atoms with van der Waals surface area (Å²) in [4.78, 5) is 1.45. The molecule has 5 nitrogen and oxygen atoms in total. The topological polar surface area (TPSA) is 48.0 Å². The van der Waals surface area contributed by atoms with Gasteiger partial charge in [0.25, 0.3) is 0 Å². The van der Waals surface area contributed by atoms with Crippen molar-refractivity contribution in [3.05, 3.63) is 77.4 Å². The largest absolute Gasteiger partial charge is 0.322 e. The number of rotatable bonds is 5. The van der Waals surface area contributed by atoms with Crippen LogP contribution in [0.4, 0.5) is 4.39 Å². The Morgan fingerprint density at radius 2 is 1.78 bits per heavy atom. The van der Waals surface area contributed by atoms with Gasteiger partial charge in [-0.2, -0.15) is 0 Å². The van der Waals surface area contributed by atoms with Crippen LogP contribution in [0, 0.1) is 11.7 Å². The van der Waals surface area contributed by atoms with Crippen molar-refractivity contribution in [1.82, 2.24) is 20.2 Å². The van der Waals surface area contributed by atoms with Gasteiger partial charge in [-0.1, -0.05) is 37.3 Å². The van der Waals surface area contributed by atoms with Crippen LogP contribution in [0.2, 0.25) is 0 Å². The van der Waals surface area contributed by atoms with E-state index in [9.17, 15) is 4.39 Å². The summed E-state index contributed by atoms with van der Waals surface area (Å²) in [7, 11) is 0. The van der Waals surface area contributed by atoms with Crippen LogP contribution in [0.3, 0.4) is 0 Å². The molecule has 0 radical (unpaired) electrons. The zero-order valence-corrected chi connectivity index (χ0v) is 15.6. The Morgan fingerprint density at radius 1 is 1.07 bits per heavy atom. The number of nitrogens with zero attached hydrogens (tertiary/aromatic N) is 4. The Labute approximate surface area is 158 Å². The van der Waals surface area contributed by atoms with E-state index in [1.54, 1.807) is 0 Å². The number of hydrogen-bond donors (Lipinski definition) is 1. The van der Waals surface area contributed by atoms with Gasteiger partial charge in [0.15, 0.2) is 6.04 Å². The molecule has 1 N–H and O–H groups in total. The first-order valence-corrected chi connectivity index (χ1v) is 9.61. The van der Waals surface area contributed by atoms with E-state index in [0.29, 0.717) is 6.54 Å². The van der Waals surface area contributed by atoms with E-state index in [1.807, 2.05) is 35.0 Å². The molecule has 0 aliphatic carbocycles. The van der Waals surface area contributed by atoms with Gasteiger partial charge >= 0.3 is 0 Å². The summed E-state index contributed by atoms with van der Waals surface area (Å²) in [6.07, 6.45) is 2.38. The quantitative estimate of drug-likeness (QED) is 0.754. The minimum Gasteiger partial charge on any atom is -0.322 e. The van der Waals surface area contributed by atoms with Crippen LogP contribution in [0.15, 0.2) is 54.6 Å². The van der Waals surface area contributed by atoms with Crippen LogP contribution in [0.5, 0.6) is 0 Å². The van der Waals surface area contributed by atoms with Gasteiger partial charge in [-0.3, -0.25) is 0 Å². The molecule has 3 aromatic rings. The van der Waals surface area contributed by atoms with Gasteiger partial charge in [-0.05, 0) is 59.0 Å². The van der Waals surface area contributed by atoms with Gasteiger partial charge in [0, 0.05) is 5.56 Å². The Kier molecular flexibility index (Phi) is 5.25. The van der Waals surface area contributed by atoms with Crippen molar-refractivity contribution in [2.45, 2.75) is 32.4 Å². The summed E-state index contributed by atoms with van der Waals surface area (Å²) in [6.45, 7) is 5.08. The number of likely N-dealkylation sites (tertiary alicyclic amines) is 1. The zero-order chi connectivity index (χ0) is 18.6. The first kappa shape index (κ1) is 17.8. The Balaban J connectivity index is 1.69. The van der Waals surface area contributed by atoms with E-state index in [1.165, 1.54) is 29.9 Å². The van der Waals surface area contributed by atoms with E-state index in [-0.39, 0.29) is 11.9 Å². The molecular weight excluding hydrogens is 341 g/mol. The highest BCUT2D eigenvalue weighted by Gasteiger charge is 2.33. The fraction of sp³-hybridized carbons (Fsp3) is 0.381. The number of tetrazole rings is 1. The summed E-state index contributed by atoms with van der Waals surface area (Å²) in [5.41, 5.74) is 2.22. The van der Waals surface area contributed by atoms with Gasteiger partial charge in [0.05, 0.1) is 19.6 Å². The van der Waals surface area contributed by atoms with Gasteiger partial charge in [0.2, 0.25) is 5.82 Å². The van der Waals surface area contributed by atoms with Crippen molar-refractivity contribution in [2.75, 3.05) is 13.1 Å². The highest BCUT2D eigenvalue weighted by atomic mass is 19.1. The molecule has 1 saturated heterocycles. The lowest BCUT2D eigenvalue weighted by molar-refractivity contribution is -0.932. The number of piperidine rings is 1. The fourth-order valence-electron chi connectivity index (χ4n) is 3.93. The fourth-order valence-corrected chi connectivity index (χ4v) is 3.93. The highest BCUT2D eigenvalue weighted by molar-refractivity contribution is 5.23. The molecule has 6 heteroatoms. The molecule has 4 rings (SSSR count). The summed E-state index contributed by atoms with van der Waals surface area (Å²) >= 11 is 0. The van der Waals surface area contributed by atoms with Crippen molar-refractivity contribution in [2.24, 2.45) is 5.92 Å². The SMILES string of the molecule is CC1CC[NH+]([C@@H](c2ccc(F)cc2)c2nnnn2Cc2ccccc2)CC1. The number of benzene rings is 2. The third-order valence-corrected chi connectivity index (χ3v) is 5.52. The molecule has 2 aromatic carbocycles. The third-order valence-electron chi connectivity index (χ3n) is 5.52. The lowest BCUT2D eigenvalue weighted by atomic mass is 9.95. The van der Waals surface area contributed by atoms with Gasteiger partial charge < -0.3 is 4.90 Å². The van der Waals surface area contributed by atoms with Crippen LogP contribution in [0.1, 0.15) is 42.8 Å². The molecule has 1 aliphatic heterocycles. The monoisotopic (exact) mass is 366 g/mol. The summed E-state index contributed by atoms with van der Waals surface area (Å²) in [6, 6.07) is 17.0. The maximum Gasteiger partial charge on any atom is 0.214 e. The second kappa shape index (κ2) is 7.96. The minimum absolute atomic E-state index is 0.0109. The van der Waals surface area contributed by atoms with Crippen LogP contribution in [-0.4, -0.2) is 33.3 Å². The maximum absolute atomic E-state index is 13.5. The molecule has 0 amide bonds. The molecule has 0 unspecified atom stereocenters. The number of quaternary nitrogens is 1. The van der Waals surface area contributed by atoms with Gasteiger partial charge in [0.1, 0.15) is 5.82 Å². The molecule has 0 spiro atoms. The van der Waals surface area contributed by atoms with Crippen LogP contribution in [-0.2, 0) is 6.54 Å². The smallest absolute Gasteiger partial charge is 0.214 e. The average molecular weight is 366 g/mol. The molecular formula is C21H25FN5+. The second-order valence-electron chi connectivity index (χ2n) is 7.51. The van der Waals surface area contributed by atoms with Crippen molar-refractivity contribution >= 4 is 0 Å². The molecule has 140 valence electrons. The van der Waals surface area contributed by atoms with Gasteiger partial charge in [-0.25, -0.2) is 9.07 Å². The number of nitrogens with one attached hydrogen (secondary N) is 1. The first-order chi connectivity index (χ1) is 13.2. The van der Waals surface area contributed by atoms with Gasteiger partial charge in [-0.15, -0.1) is 5.10 Å². The second-order valence-corrected chi connectivity index (χ2v) is 7.51. The average Bonchev–Trinajstić information content (AvgIpc) is 3.13. The van der Waals surface area contributed by atoms with Crippen LogP contribution in [0.25, 0.3) is 0 Å². The third kappa shape index (κ3) is 4.06. The Bertz CT molecular complexity index is 854. The van der Waals surface area contributed by atoms with E-state index in [2.05, 4.69) is 34.6 Å². The molecule has 1 fully saturated rings. The van der Waals surface area contributed by atoms with E-state index in [4.69, 9.17) is 0 Å². The maximum atomic E-state index is 13.5. The normalized spacial score (nSPS) is 21.1. The summed E-state index contributed by atoms with van der Waals surface area (Å²) in [5, 5.41) is 12.6. The van der Waals surface area contributed by atoms with E-state index >= 15 is 0 Å².